The highest BCUT2D eigenvalue weighted by Gasteiger charge is 2.13. The summed E-state index contributed by atoms with van der Waals surface area (Å²) in [5.74, 6) is 0.377. The molecule has 0 saturated heterocycles. The third-order valence-corrected chi connectivity index (χ3v) is 2.30. The predicted molar refractivity (Wildman–Crippen MR) is 63.9 cm³/mol. The van der Waals surface area contributed by atoms with Crippen LogP contribution < -0.4 is 10.6 Å². The minimum atomic E-state index is -0.317. The van der Waals surface area contributed by atoms with Gasteiger partial charge in [0.1, 0.15) is 0 Å². The number of para-hydroxylation sites is 1. The number of benzene rings is 1. The van der Waals surface area contributed by atoms with E-state index < -0.39 is 0 Å². The Morgan fingerprint density at radius 2 is 2.24 bits per heavy atom. The van der Waals surface area contributed by atoms with E-state index in [4.69, 9.17) is 0 Å². The highest BCUT2D eigenvalue weighted by molar-refractivity contribution is 5.98. The normalized spacial score (nSPS) is 10.2. The Balaban J connectivity index is 2.55. The van der Waals surface area contributed by atoms with Crippen LogP contribution in [-0.2, 0) is 4.79 Å². The molecule has 17 heavy (non-hydrogen) atoms. The lowest BCUT2D eigenvalue weighted by atomic mass is 10.2. The molecular formula is C11H12N4O2. The molecule has 1 aromatic heterocycles. The highest BCUT2D eigenvalue weighted by Crippen LogP contribution is 2.21. The second-order valence-corrected chi connectivity index (χ2v) is 3.38. The Kier molecular flexibility index (Phi) is 3.04. The second-order valence-electron chi connectivity index (χ2n) is 3.38. The van der Waals surface area contributed by atoms with Crippen LogP contribution in [0.2, 0.25) is 0 Å². The van der Waals surface area contributed by atoms with Gasteiger partial charge >= 0.3 is 6.03 Å². The van der Waals surface area contributed by atoms with E-state index in [9.17, 15) is 9.59 Å². The van der Waals surface area contributed by atoms with Crippen LogP contribution >= 0.6 is 0 Å². The van der Waals surface area contributed by atoms with Crippen molar-refractivity contribution in [1.29, 1.82) is 0 Å². The van der Waals surface area contributed by atoms with E-state index in [2.05, 4.69) is 15.7 Å². The standard InChI is InChI=1S/C11H12N4O2/c1-2-12-11(17)15-9-6-4-3-5-8(9)10(14-15)13-7-16/h3-7H,2H2,1H3,(H,12,17)(H,13,14,16). The van der Waals surface area contributed by atoms with E-state index in [0.717, 1.165) is 5.39 Å². The average Bonchev–Trinajstić information content (AvgIpc) is 2.70. The zero-order valence-corrected chi connectivity index (χ0v) is 9.30. The first-order valence-corrected chi connectivity index (χ1v) is 5.24. The topological polar surface area (TPSA) is 76.0 Å². The van der Waals surface area contributed by atoms with Gasteiger partial charge in [-0.1, -0.05) is 12.1 Å². The zero-order valence-electron chi connectivity index (χ0n) is 9.30. The molecule has 0 aliphatic heterocycles. The Hall–Kier alpha value is -2.37. The van der Waals surface area contributed by atoms with Gasteiger partial charge in [0.2, 0.25) is 6.41 Å². The molecule has 6 nitrogen and oxygen atoms in total. The number of rotatable bonds is 3. The average molecular weight is 232 g/mol. The van der Waals surface area contributed by atoms with E-state index in [0.29, 0.717) is 24.3 Å². The molecule has 0 unspecified atom stereocenters. The summed E-state index contributed by atoms with van der Waals surface area (Å²) in [5.41, 5.74) is 0.655. The lowest BCUT2D eigenvalue weighted by Gasteiger charge is -2.01. The maximum Gasteiger partial charge on any atom is 0.342 e. The number of amides is 2. The first-order valence-electron chi connectivity index (χ1n) is 5.24. The predicted octanol–water partition coefficient (Wildman–Crippen LogP) is 1.18. The monoisotopic (exact) mass is 232 g/mol. The first kappa shape index (κ1) is 11.1. The van der Waals surface area contributed by atoms with E-state index in [1.54, 1.807) is 12.1 Å². The van der Waals surface area contributed by atoms with E-state index in [1.807, 2.05) is 19.1 Å². The summed E-state index contributed by atoms with van der Waals surface area (Å²) in [6.45, 7) is 2.34. The molecule has 0 aliphatic carbocycles. The molecule has 0 radical (unpaired) electrons. The number of nitrogens with zero attached hydrogens (tertiary/aromatic N) is 2. The molecule has 0 atom stereocenters. The number of aromatic nitrogens is 2. The smallest absolute Gasteiger partial charge is 0.336 e. The van der Waals surface area contributed by atoms with Crippen molar-refractivity contribution >= 4 is 29.2 Å². The van der Waals surface area contributed by atoms with E-state index in [-0.39, 0.29) is 6.03 Å². The molecule has 88 valence electrons. The lowest BCUT2D eigenvalue weighted by Crippen LogP contribution is -2.28. The third kappa shape index (κ3) is 1.96. The maximum atomic E-state index is 11.7. The van der Waals surface area contributed by atoms with Crippen LogP contribution in [0.5, 0.6) is 0 Å². The molecule has 2 rings (SSSR count). The van der Waals surface area contributed by atoms with Crippen LogP contribution in [0.4, 0.5) is 10.6 Å². The fraction of sp³-hybridized carbons (Fsp3) is 0.182. The highest BCUT2D eigenvalue weighted by atomic mass is 16.2. The molecule has 1 aromatic carbocycles. The summed E-state index contributed by atoms with van der Waals surface area (Å²) < 4.78 is 1.24. The quantitative estimate of drug-likeness (QED) is 0.780. The van der Waals surface area contributed by atoms with E-state index in [1.165, 1.54) is 4.68 Å². The van der Waals surface area contributed by atoms with Crippen molar-refractivity contribution < 1.29 is 9.59 Å². The molecule has 0 saturated carbocycles. The van der Waals surface area contributed by atoms with Gasteiger partial charge in [-0.15, -0.1) is 5.10 Å². The van der Waals surface area contributed by atoms with Crippen molar-refractivity contribution in [1.82, 2.24) is 15.1 Å². The van der Waals surface area contributed by atoms with Crippen LogP contribution in [-0.4, -0.2) is 28.8 Å². The van der Waals surface area contributed by atoms with Gasteiger partial charge in [0.25, 0.3) is 0 Å². The van der Waals surface area contributed by atoms with Gasteiger partial charge in [-0.3, -0.25) is 4.79 Å². The van der Waals surface area contributed by atoms with Gasteiger partial charge in [0.05, 0.1) is 5.52 Å². The summed E-state index contributed by atoms with van der Waals surface area (Å²) in [6.07, 6.45) is 0.539. The third-order valence-electron chi connectivity index (χ3n) is 2.30. The van der Waals surface area contributed by atoms with Crippen LogP contribution in [0.25, 0.3) is 10.9 Å². The van der Waals surface area contributed by atoms with Crippen LogP contribution in [0.1, 0.15) is 6.92 Å². The van der Waals surface area contributed by atoms with Crippen LogP contribution in [0.15, 0.2) is 24.3 Å². The van der Waals surface area contributed by atoms with Gasteiger partial charge in [0, 0.05) is 11.9 Å². The number of carbonyl (C=O) groups excluding carboxylic acids is 2. The van der Waals surface area contributed by atoms with Gasteiger partial charge in [-0.25, -0.2) is 4.79 Å². The zero-order chi connectivity index (χ0) is 12.3. The minimum Gasteiger partial charge on any atom is -0.336 e. The Morgan fingerprint density at radius 3 is 2.94 bits per heavy atom. The van der Waals surface area contributed by atoms with Crippen molar-refractivity contribution in [3.8, 4) is 0 Å². The molecule has 2 amide bonds. The number of fused-ring (bicyclic) bond motifs is 1. The van der Waals surface area contributed by atoms with Crippen molar-refractivity contribution in [2.45, 2.75) is 6.92 Å². The molecular weight excluding hydrogens is 220 g/mol. The Labute approximate surface area is 97.6 Å². The summed E-state index contributed by atoms with van der Waals surface area (Å²) >= 11 is 0. The van der Waals surface area contributed by atoms with Gasteiger partial charge in [-0.05, 0) is 19.1 Å². The summed E-state index contributed by atoms with van der Waals surface area (Å²) in [6, 6.07) is 6.88. The van der Waals surface area contributed by atoms with Crippen LogP contribution in [0, 0.1) is 0 Å². The maximum absolute atomic E-state index is 11.7. The van der Waals surface area contributed by atoms with E-state index >= 15 is 0 Å². The number of hydrogen-bond acceptors (Lipinski definition) is 3. The van der Waals surface area contributed by atoms with Crippen molar-refractivity contribution in [3.05, 3.63) is 24.3 Å². The first-order chi connectivity index (χ1) is 8.27. The Bertz CT molecular complexity index is 562. The molecule has 1 heterocycles. The number of hydrogen-bond donors (Lipinski definition) is 2. The molecule has 2 aromatic rings. The second kappa shape index (κ2) is 4.65. The molecule has 0 spiro atoms. The molecule has 2 N–H and O–H groups in total. The number of anilines is 1. The lowest BCUT2D eigenvalue weighted by molar-refractivity contribution is -0.105. The van der Waals surface area contributed by atoms with Crippen molar-refractivity contribution in [3.63, 3.8) is 0 Å². The SMILES string of the molecule is CCNC(=O)n1nc(NC=O)c2ccccc21. The number of nitrogens with one attached hydrogen (secondary N) is 2. The van der Waals surface area contributed by atoms with Crippen molar-refractivity contribution in [2.75, 3.05) is 11.9 Å². The molecule has 0 aliphatic rings. The molecule has 0 bridgehead atoms. The molecule has 6 heteroatoms. The fourth-order valence-corrected chi connectivity index (χ4v) is 1.61. The van der Waals surface area contributed by atoms with Gasteiger partial charge in [0.15, 0.2) is 5.82 Å². The Morgan fingerprint density at radius 1 is 1.47 bits per heavy atom. The summed E-state index contributed by atoms with van der Waals surface area (Å²) in [5, 5.41) is 9.92. The van der Waals surface area contributed by atoms with Crippen molar-refractivity contribution in [2.24, 2.45) is 0 Å². The minimum absolute atomic E-state index is 0.317. The summed E-state index contributed by atoms with van der Waals surface area (Å²) in [7, 11) is 0. The van der Waals surface area contributed by atoms with Gasteiger partial charge < -0.3 is 10.6 Å². The summed E-state index contributed by atoms with van der Waals surface area (Å²) in [4.78, 5) is 22.2. The largest absolute Gasteiger partial charge is 0.342 e. The van der Waals surface area contributed by atoms with Crippen LogP contribution in [0.3, 0.4) is 0 Å². The number of carbonyl (C=O) groups is 2. The molecule has 0 fully saturated rings. The fourth-order valence-electron chi connectivity index (χ4n) is 1.61. The van der Waals surface area contributed by atoms with Gasteiger partial charge in [-0.2, -0.15) is 4.68 Å².